The lowest BCUT2D eigenvalue weighted by molar-refractivity contribution is -0.157. The highest BCUT2D eigenvalue weighted by Gasteiger charge is 2.35. The van der Waals surface area contributed by atoms with Crippen LogP contribution in [0.15, 0.2) is 36.0 Å². The van der Waals surface area contributed by atoms with E-state index in [0.717, 1.165) is 12.0 Å². The summed E-state index contributed by atoms with van der Waals surface area (Å²) < 4.78 is 16.5. The molecule has 0 aromatic carbocycles. The zero-order valence-corrected chi connectivity index (χ0v) is 24.2. The molecule has 0 spiro atoms. The monoisotopic (exact) mass is 537 g/mol. The van der Waals surface area contributed by atoms with E-state index < -0.39 is 35.9 Å². The van der Waals surface area contributed by atoms with Crippen LogP contribution in [-0.2, 0) is 23.8 Å². The third-order valence-electron chi connectivity index (χ3n) is 6.87. The van der Waals surface area contributed by atoms with Gasteiger partial charge in [-0.3, -0.25) is 9.59 Å². The Morgan fingerprint density at radius 1 is 1.29 bits per heavy atom. The van der Waals surface area contributed by atoms with Crippen molar-refractivity contribution in [3.05, 3.63) is 36.0 Å². The Morgan fingerprint density at radius 2 is 1.95 bits per heavy atom. The van der Waals surface area contributed by atoms with Gasteiger partial charge in [0.05, 0.1) is 19.1 Å². The van der Waals surface area contributed by atoms with Crippen LogP contribution in [0.5, 0.6) is 0 Å². The lowest BCUT2D eigenvalue weighted by Gasteiger charge is -2.32. The second-order valence-corrected chi connectivity index (χ2v) is 10.7. The Morgan fingerprint density at radius 3 is 2.55 bits per heavy atom. The number of esters is 2. The summed E-state index contributed by atoms with van der Waals surface area (Å²) in [5.74, 6) is -1.42. The van der Waals surface area contributed by atoms with E-state index >= 15 is 0 Å². The van der Waals surface area contributed by atoms with Crippen molar-refractivity contribution in [1.29, 1.82) is 0 Å². The van der Waals surface area contributed by atoms with E-state index in [0.29, 0.717) is 0 Å². The Hall–Kier alpha value is -2.65. The number of rotatable bonds is 8. The number of cyclic esters (lactones) is 1. The number of hydrogen-bond donors (Lipinski definition) is 2. The van der Waals surface area contributed by atoms with E-state index in [4.69, 9.17) is 14.2 Å². The fraction of sp³-hybridized carbons (Fsp3) is 0.690. The molecule has 9 nitrogen and oxygen atoms in total. The predicted octanol–water partition coefficient (Wildman–Crippen LogP) is 4.32. The number of carbonyl (C=O) groups is 3. The standard InChI is InChI=1S/C29H47NO8/c1-9-22(5)30(8)28(34)36-18-19(2)11-10-12-20(3)27-21(4)13-14-25(37-23(6)31)29(7,35)16-15-24(32)17-26(33)38-27/h10-14,19,21-22,24-25,27,32,35H,9,15-18H2,1-8H3/b11-10+,14-13+,20-12+/t19-,21-,22?,24-,25+,27+,29-/m0/s1. The molecule has 2 N–H and O–H groups in total. The van der Waals surface area contributed by atoms with Crippen LogP contribution < -0.4 is 0 Å². The lowest BCUT2D eigenvalue weighted by atomic mass is 9.88. The van der Waals surface area contributed by atoms with Crippen LogP contribution in [0.25, 0.3) is 0 Å². The minimum Gasteiger partial charge on any atom is -0.457 e. The van der Waals surface area contributed by atoms with Crippen LogP contribution in [0.4, 0.5) is 4.79 Å². The molecule has 0 aromatic rings. The maximum Gasteiger partial charge on any atom is 0.409 e. The van der Waals surface area contributed by atoms with Crippen molar-refractivity contribution in [2.75, 3.05) is 13.7 Å². The first kappa shape index (κ1) is 33.4. The highest BCUT2D eigenvalue weighted by molar-refractivity contribution is 5.70. The molecule has 7 atom stereocenters. The number of allylic oxidation sites excluding steroid dienone is 2. The van der Waals surface area contributed by atoms with E-state index in [-0.39, 0.29) is 49.8 Å². The summed E-state index contributed by atoms with van der Waals surface area (Å²) in [6.45, 7) is 12.6. The number of nitrogens with zero attached hydrogens (tertiary/aromatic N) is 1. The maximum absolute atomic E-state index is 12.6. The molecule has 1 unspecified atom stereocenters. The maximum atomic E-state index is 12.6. The first-order chi connectivity index (χ1) is 17.7. The summed E-state index contributed by atoms with van der Waals surface area (Å²) in [5.41, 5.74) is -0.660. The third-order valence-corrected chi connectivity index (χ3v) is 6.87. The molecular weight excluding hydrogens is 490 g/mol. The van der Waals surface area contributed by atoms with Crippen molar-refractivity contribution >= 4 is 18.0 Å². The molecule has 0 saturated carbocycles. The summed E-state index contributed by atoms with van der Waals surface area (Å²) in [7, 11) is 1.72. The van der Waals surface area contributed by atoms with E-state index in [1.165, 1.54) is 6.92 Å². The van der Waals surface area contributed by atoms with Gasteiger partial charge < -0.3 is 29.3 Å². The molecule has 38 heavy (non-hydrogen) atoms. The van der Waals surface area contributed by atoms with Crippen molar-refractivity contribution in [2.45, 2.75) is 104 Å². The molecule has 1 heterocycles. The van der Waals surface area contributed by atoms with Crippen molar-refractivity contribution < 1.29 is 38.8 Å². The molecule has 0 radical (unpaired) electrons. The fourth-order valence-electron chi connectivity index (χ4n) is 3.94. The van der Waals surface area contributed by atoms with Crippen LogP contribution in [0, 0.1) is 11.8 Å². The Labute approximate surface area is 227 Å². The average Bonchev–Trinajstić information content (AvgIpc) is 2.84. The largest absolute Gasteiger partial charge is 0.457 e. The normalized spacial score (nSPS) is 29.8. The quantitative estimate of drug-likeness (QED) is 0.203. The van der Waals surface area contributed by atoms with Gasteiger partial charge in [-0.2, -0.15) is 0 Å². The Balaban J connectivity index is 3.03. The second-order valence-electron chi connectivity index (χ2n) is 10.7. The smallest absolute Gasteiger partial charge is 0.409 e. The topological polar surface area (TPSA) is 123 Å². The number of carbonyl (C=O) groups excluding carboxylic acids is 3. The molecule has 1 amide bonds. The zero-order chi connectivity index (χ0) is 29.0. The molecule has 1 aliphatic rings. The van der Waals surface area contributed by atoms with Gasteiger partial charge in [0.2, 0.25) is 0 Å². The molecule has 0 aromatic heterocycles. The molecular formula is C29H47NO8. The first-order valence-corrected chi connectivity index (χ1v) is 13.4. The summed E-state index contributed by atoms with van der Waals surface area (Å²) >= 11 is 0. The molecule has 0 bridgehead atoms. The predicted molar refractivity (Wildman–Crippen MR) is 145 cm³/mol. The van der Waals surface area contributed by atoms with Crippen LogP contribution >= 0.6 is 0 Å². The summed E-state index contributed by atoms with van der Waals surface area (Å²) in [6, 6.07) is 0.0974. The van der Waals surface area contributed by atoms with Gasteiger partial charge in [-0.1, -0.05) is 45.1 Å². The van der Waals surface area contributed by atoms with E-state index in [2.05, 4.69) is 0 Å². The lowest BCUT2D eigenvalue weighted by Crippen LogP contribution is -2.42. The van der Waals surface area contributed by atoms with Gasteiger partial charge in [-0.25, -0.2) is 4.79 Å². The molecule has 216 valence electrons. The third kappa shape index (κ3) is 11.4. The zero-order valence-electron chi connectivity index (χ0n) is 24.2. The van der Waals surface area contributed by atoms with Gasteiger partial charge in [0.25, 0.3) is 0 Å². The second kappa shape index (κ2) is 15.7. The summed E-state index contributed by atoms with van der Waals surface area (Å²) in [4.78, 5) is 37.9. The van der Waals surface area contributed by atoms with Crippen LogP contribution in [-0.4, -0.2) is 76.8 Å². The van der Waals surface area contributed by atoms with Crippen LogP contribution in [0.1, 0.15) is 74.1 Å². The average molecular weight is 538 g/mol. The van der Waals surface area contributed by atoms with Gasteiger partial charge in [0.1, 0.15) is 17.8 Å². The molecule has 0 saturated heterocycles. The summed E-state index contributed by atoms with van der Waals surface area (Å²) in [5, 5.41) is 21.2. The molecule has 0 aliphatic carbocycles. The number of aliphatic hydroxyl groups is 2. The Bertz CT molecular complexity index is 878. The van der Waals surface area contributed by atoms with Crippen molar-refractivity contribution in [3.8, 4) is 0 Å². The number of aliphatic hydroxyl groups excluding tert-OH is 1. The van der Waals surface area contributed by atoms with E-state index in [1.54, 1.807) is 31.0 Å². The highest BCUT2D eigenvalue weighted by atomic mass is 16.6. The van der Waals surface area contributed by atoms with Gasteiger partial charge in [0, 0.05) is 31.8 Å². The number of amides is 1. The van der Waals surface area contributed by atoms with Crippen LogP contribution in [0.2, 0.25) is 0 Å². The van der Waals surface area contributed by atoms with Gasteiger partial charge >= 0.3 is 18.0 Å². The van der Waals surface area contributed by atoms with Crippen molar-refractivity contribution in [3.63, 3.8) is 0 Å². The molecule has 1 aliphatic heterocycles. The molecule has 9 heteroatoms. The van der Waals surface area contributed by atoms with Crippen molar-refractivity contribution in [2.24, 2.45) is 11.8 Å². The molecule has 1 rings (SSSR count). The molecule has 0 fully saturated rings. The minimum absolute atomic E-state index is 0.0358. The van der Waals surface area contributed by atoms with Crippen LogP contribution in [0.3, 0.4) is 0 Å². The first-order valence-electron chi connectivity index (χ1n) is 13.4. The fourth-order valence-corrected chi connectivity index (χ4v) is 3.94. The van der Waals surface area contributed by atoms with Gasteiger partial charge in [-0.15, -0.1) is 0 Å². The minimum atomic E-state index is -1.42. The van der Waals surface area contributed by atoms with Gasteiger partial charge in [-0.05, 0) is 51.7 Å². The van der Waals surface area contributed by atoms with E-state index in [1.807, 2.05) is 52.8 Å². The van der Waals surface area contributed by atoms with Gasteiger partial charge in [0.15, 0.2) is 0 Å². The summed E-state index contributed by atoms with van der Waals surface area (Å²) in [6.07, 6.45) is 6.90. The Kier molecular flexibility index (Phi) is 13.8. The highest BCUT2D eigenvalue weighted by Crippen LogP contribution is 2.27. The van der Waals surface area contributed by atoms with E-state index in [9.17, 15) is 24.6 Å². The number of hydrogen-bond acceptors (Lipinski definition) is 8. The SMILES string of the molecule is CCC(C)N(C)C(=O)OC[C@@H](C)/C=C/C=C(\C)[C@H]1OC(=O)C[C@@H](O)CC[C@](C)(O)[C@H](OC(C)=O)/C=C/[C@@H]1C. The number of ether oxygens (including phenoxy) is 3. The van der Waals surface area contributed by atoms with Crippen molar-refractivity contribution in [1.82, 2.24) is 4.90 Å².